The topological polar surface area (TPSA) is 130 Å². The van der Waals surface area contributed by atoms with Gasteiger partial charge in [-0.2, -0.15) is 0 Å². The van der Waals surface area contributed by atoms with Gasteiger partial charge in [-0.1, -0.05) is 96.9 Å². The largest absolute Gasteiger partial charge is 0.345 e. The van der Waals surface area contributed by atoms with Gasteiger partial charge in [0.15, 0.2) is 9.84 Å². The number of carbonyl (C=O) groups excluding carboxylic acids is 4. The Balaban J connectivity index is 1.22. The van der Waals surface area contributed by atoms with Crippen LogP contribution in [0.2, 0.25) is 10.0 Å². The molecule has 3 amide bonds. The summed E-state index contributed by atoms with van der Waals surface area (Å²) < 4.78 is 27.7. The predicted molar refractivity (Wildman–Crippen MR) is 188 cm³/mol. The lowest BCUT2D eigenvalue weighted by Crippen LogP contribution is -2.54. The number of nitrogens with zero attached hydrogens (tertiary/aromatic N) is 1. The van der Waals surface area contributed by atoms with E-state index in [2.05, 4.69) is 10.6 Å². The van der Waals surface area contributed by atoms with Crippen LogP contribution in [0.3, 0.4) is 0 Å². The van der Waals surface area contributed by atoms with Crippen molar-refractivity contribution in [3.63, 3.8) is 0 Å². The molecule has 1 heterocycles. The molecular weight excluding hydrogens is 685 g/mol. The number of hydrogen-bond donors (Lipinski definition) is 2. The molecule has 1 unspecified atom stereocenters. The van der Waals surface area contributed by atoms with Gasteiger partial charge in [0.1, 0.15) is 6.04 Å². The molecule has 0 spiro atoms. The Hall–Kier alpha value is -4.25. The Morgan fingerprint density at radius 2 is 1.57 bits per heavy atom. The number of fused-ring (bicyclic) bond motifs is 1. The number of sulfone groups is 1. The minimum Gasteiger partial charge on any atom is -0.345 e. The first kappa shape index (κ1) is 34.6. The number of nitrogens with one attached hydrogen (secondary N) is 2. The molecule has 4 aromatic rings. The van der Waals surface area contributed by atoms with E-state index >= 15 is 0 Å². The molecule has 0 radical (unpaired) electrons. The first-order chi connectivity index (χ1) is 23.5. The molecule has 2 N–H and O–H groups in total. The highest BCUT2D eigenvalue weighted by molar-refractivity contribution is 7.92. The summed E-state index contributed by atoms with van der Waals surface area (Å²) in [5.74, 6) is -2.79. The standard InChI is InChI=1S/C37H35Cl2N3O6S/c1-2-30(33(43)35(45)40-21-24-10-7-9-23-8-3-4-11-28(23)24)41-34(44)31-20-27(49(47,48)32-13-6-5-12-29(32)39)22-42(31)36(46)37(18-19-37)25-14-16-26(38)17-15-25/h3-17,27,30-31H,2,18-22H2,1H3,(H,40,45)(H,41,44)/t27-,30?,31+/m1/s1. The highest BCUT2D eigenvalue weighted by atomic mass is 35.5. The van der Waals surface area contributed by atoms with E-state index in [1.807, 2.05) is 42.5 Å². The molecule has 49 heavy (non-hydrogen) atoms. The van der Waals surface area contributed by atoms with Crippen LogP contribution in [0.25, 0.3) is 10.8 Å². The quantitative estimate of drug-likeness (QED) is 0.200. The number of likely N-dealkylation sites (tertiary alicyclic amines) is 1. The van der Waals surface area contributed by atoms with E-state index < -0.39 is 50.2 Å². The lowest BCUT2D eigenvalue weighted by Gasteiger charge is -2.29. The third kappa shape index (κ3) is 6.82. The molecule has 0 bridgehead atoms. The van der Waals surface area contributed by atoms with Gasteiger partial charge in [0.2, 0.25) is 17.6 Å². The number of rotatable bonds is 11. The molecule has 254 valence electrons. The minimum absolute atomic E-state index is 0.0410. The maximum absolute atomic E-state index is 14.3. The third-order valence-electron chi connectivity index (χ3n) is 9.55. The molecule has 1 aliphatic carbocycles. The predicted octanol–water partition coefficient (Wildman–Crippen LogP) is 5.40. The summed E-state index contributed by atoms with van der Waals surface area (Å²) >= 11 is 12.4. The van der Waals surface area contributed by atoms with Crippen molar-refractivity contribution in [2.75, 3.05) is 6.54 Å². The highest BCUT2D eigenvalue weighted by Gasteiger charge is 2.57. The molecule has 6 rings (SSSR count). The summed E-state index contributed by atoms with van der Waals surface area (Å²) in [5, 5.41) is 6.69. The molecule has 9 nitrogen and oxygen atoms in total. The van der Waals surface area contributed by atoms with Gasteiger partial charge in [0.25, 0.3) is 5.91 Å². The Morgan fingerprint density at radius 3 is 2.27 bits per heavy atom. The van der Waals surface area contributed by atoms with Crippen molar-refractivity contribution in [1.29, 1.82) is 0 Å². The number of halogens is 2. The molecule has 1 saturated carbocycles. The average Bonchev–Trinajstić information content (AvgIpc) is 3.79. The molecule has 12 heteroatoms. The van der Waals surface area contributed by atoms with Crippen LogP contribution in [0, 0.1) is 0 Å². The van der Waals surface area contributed by atoms with Crippen molar-refractivity contribution < 1.29 is 27.6 Å². The molecule has 3 atom stereocenters. The van der Waals surface area contributed by atoms with Gasteiger partial charge in [-0.15, -0.1) is 0 Å². The van der Waals surface area contributed by atoms with Crippen LogP contribution in [0.15, 0.2) is 95.9 Å². The molecule has 2 fully saturated rings. The van der Waals surface area contributed by atoms with Crippen LogP contribution in [-0.2, 0) is 41.0 Å². The Labute approximate surface area is 294 Å². The second-order valence-electron chi connectivity index (χ2n) is 12.6. The van der Waals surface area contributed by atoms with E-state index in [0.717, 1.165) is 21.9 Å². The van der Waals surface area contributed by atoms with E-state index in [-0.39, 0.29) is 41.8 Å². The first-order valence-corrected chi connectivity index (χ1v) is 18.4. The Bertz CT molecular complexity index is 2040. The monoisotopic (exact) mass is 719 g/mol. The van der Waals surface area contributed by atoms with Gasteiger partial charge in [0.05, 0.1) is 26.6 Å². The number of ketones is 1. The summed E-state index contributed by atoms with van der Waals surface area (Å²) in [4.78, 5) is 55.8. The van der Waals surface area contributed by atoms with Crippen LogP contribution in [-0.4, -0.2) is 60.7 Å². The summed E-state index contributed by atoms with van der Waals surface area (Å²) in [6, 6.07) is 23.9. The Kier molecular flexibility index (Phi) is 9.84. The minimum atomic E-state index is -4.07. The zero-order valence-electron chi connectivity index (χ0n) is 26.7. The SMILES string of the molecule is CCC(NC(=O)[C@@H]1C[C@@H](S(=O)(=O)c2ccccc2Cl)CN1C(=O)C1(c2ccc(Cl)cc2)CC1)C(=O)C(=O)NCc1cccc2ccccc12. The van der Waals surface area contributed by atoms with E-state index in [9.17, 15) is 27.6 Å². The normalized spacial score (nSPS) is 18.9. The number of hydrogen-bond acceptors (Lipinski definition) is 6. The van der Waals surface area contributed by atoms with Gasteiger partial charge in [-0.05, 0) is 71.8 Å². The zero-order valence-corrected chi connectivity index (χ0v) is 29.0. The van der Waals surface area contributed by atoms with Crippen LogP contribution < -0.4 is 10.6 Å². The van der Waals surface area contributed by atoms with Crippen LogP contribution in [0.5, 0.6) is 0 Å². The second-order valence-corrected chi connectivity index (χ2v) is 15.6. The maximum Gasteiger partial charge on any atom is 0.289 e. The fraction of sp³-hybridized carbons (Fsp3) is 0.297. The molecule has 4 aromatic carbocycles. The molecule has 0 aromatic heterocycles. The van der Waals surface area contributed by atoms with Gasteiger partial charge in [0, 0.05) is 18.1 Å². The average molecular weight is 721 g/mol. The lowest BCUT2D eigenvalue weighted by atomic mass is 9.94. The fourth-order valence-electron chi connectivity index (χ4n) is 6.63. The number of amides is 3. The van der Waals surface area contributed by atoms with E-state index in [0.29, 0.717) is 17.9 Å². The van der Waals surface area contributed by atoms with Gasteiger partial charge < -0.3 is 15.5 Å². The second kappa shape index (κ2) is 13.9. The van der Waals surface area contributed by atoms with Crippen molar-refractivity contribution in [3.05, 3.63) is 112 Å². The number of carbonyl (C=O) groups is 4. The van der Waals surface area contributed by atoms with Crippen LogP contribution in [0.1, 0.15) is 43.7 Å². The summed E-state index contributed by atoms with van der Waals surface area (Å²) in [6.07, 6.45) is 0.934. The zero-order chi connectivity index (χ0) is 34.9. The molecule has 1 saturated heterocycles. The fourth-order valence-corrected chi connectivity index (χ4v) is 8.98. The summed E-state index contributed by atoms with van der Waals surface area (Å²) in [6.45, 7) is 1.52. The van der Waals surface area contributed by atoms with Crippen molar-refractivity contribution >= 4 is 67.3 Å². The smallest absolute Gasteiger partial charge is 0.289 e. The maximum atomic E-state index is 14.3. The van der Waals surface area contributed by atoms with E-state index in [1.54, 1.807) is 43.3 Å². The number of benzene rings is 4. The molecule has 2 aliphatic rings. The van der Waals surface area contributed by atoms with E-state index in [1.165, 1.54) is 17.0 Å². The van der Waals surface area contributed by atoms with Gasteiger partial charge >= 0.3 is 0 Å². The van der Waals surface area contributed by atoms with Gasteiger partial charge in [-0.3, -0.25) is 19.2 Å². The third-order valence-corrected chi connectivity index (χ3v) is 12.4. The van der Waals surface area contributed by atoms with Crippen LogP contribution in [0.4, 0.5) is 0 Å². The van der Waals surface area contributed by atoms with Gasteiger partial charge in [-0.25, -0.2) is 8.42 Å². The number of Topliss-reactive ketones (excluding diaryl/α,β-unsaturated/α-hetero) is 1. The lowest BCUT2D eigenvalue weighted by molar-refractivity contribution is -0.143. The van der Waals surface area contributed by atoms with Crippen molar-refractivity contribution in [1.82, 2.24) is 15.5 Å². The summed E-state index contributed by atoms with van der Waals surface area (Å²) in [5.41, 5.74) is 0.632. The molecular formula is C37H35Cl2N3O6S. The highest BCUT2D eigenvalue weighted by Crippen LogP contribution is 2.51. The van der Waals surface area contributed by atoms with E-state index in [4.69, 9.17) is 23.2 Å². The molecule has 1 aliphatic heterocycles. The Morgan fingerprint density at radius 1 is 0.898 bits per heavy atom. The van der Waals surface area contributed by atoms with Crippen molar-refractivity contribution in [2.24, 2.45) is 0 Å². The van der Waals surface area contributed by atoms with Crippen molar-refractivity contribution in [3.8, 4) is 0 Å². The van der Waals surface area contributed by atoms with Crippen LogP contribution >= 0.6 is 23.2 Å². The first-order valence-electron chi connectivity index (χ1n) is 16.1. The van der Waals surface area contributed by atoms with Crippen molar-refractivity contribution in [2.45, 2.75) is 66.8 Å². The summed E-state index contributed by atoms with van der Waals surface area (Å²) in [7, 11) is -4.07.